The van der Waals surface area contributed by atoms with E-state index in [1.807, 2.05) is 6.07 Å². The van der Waals surface area contributed by atoms with Gasteiger partial charge in [0.15, 0.2) is 11.7 Å². The Hall–Kier alpha value is -3.48. The Labute approximate surface area is 161 Å². The predicted octanol–water partition coefficient (Wildman–Crippen LogP) is 2.96. The molecule has 0 aliphatic heterocycles. The van der Waals surface area contributed by atoms with Crippen LogP contribution in [0.3, 0.4) is 0 Å². The lowest BCUT2D eigenvalue weighted by molar-refractivity contribution is -0.121. The molecule has 0 atom stereocenters. The van der Waals surface area contributed by atoms with Crippen LogP contribution in [0, 0.1) is 5.82 Å². The van der Waals surface area contributed by atoms with Gasteiger partial charge >= 0.3 is 0 Å². The Morgan fingerprint density at radius 3 is 2.46 bits per heavy atom. The van der Waals surface area contributed by atoms with E-state index in [2.05, 4.69) is 15.6 Å². The zero-order valence-corrected chi connectivity index (χ0v) is 15.2. The van der Waals surface area contributed by atoms with Crippen molar-refractivity contribution in [2.45, 2.75) is 12.8 Å². The minimum atomic E-state index is -0.388. The molecular weight excluding hydrogens is 361 g/mol. The van der Waals surface area contributed by atoms with Gasteiger partial charge in [-0.15, -0.1) is 0 Å². The van der Waals surface area contributed by atoms with Crippen molar-refractivity contribution in [3.63, 3.8) is 0 Å². The standard InChI is InChI=1S/C21H20FN3O3/c22-17-9-5-4-8-16(17)18-14-25-20(28-18)11-10-19(26)23-12-13-24-21(27)15-6-2-1-3-7-15/h1-9,14H,10-13H2,(H,23,26)(H,24,27). The normalized spacial score (nSPS) is 10.5. The molecule has 2 amide bonds. The topological polar surface area (TPSA) is 84.2 Å². The van der Waals surface area contributed by atoms with Gasteiger partial charge in [-0.05, 0) is 24.3 Å². The Balaban J connectivity index is 1.38. The highest BCUT2D eigenvalue weighted by atomic mass is 19.1. The van der Waals surface area contributed by atoms with Crippen molar-refractivity contribution in [3.8, 4) is 11.3 Å². The van der Waals surface area contributed by atoms with Gasteiger partial charge in [-0.3, -0.25) is 9.59 Å². The molecule has 28 heavy (non-hydrogen) atoms. The summed E-state index contributed by atoms with van der Waals surface area (Å²) in [5.41, 5.74) is 0.906. The number of halogens is 1. The van der Waals surface area contributed by atoms with Gasteiger partial charge in [0, 0.05) is 31.5 Å². The second-order valence-corrected chi connectivity index (χ2v) is 6.07. The van der Waals surface area contributed by atoms with Crippen LogP contribution in [0.15, 0.2) is 65.2 Å². The maximum atomic E-state index is 13.8. The minimum absolute atomic E-state index is 0.181. The molecular formula is C21H20FN3O3. The third kappa shape index (κ3) is 5.26. The highest BCUT2D eigenvalue weighted by Gasteiger charge is 2.11. The number of carbonyl (C=O) groups excluding carboxylic acids is 2. The number of nitrogens with zero attached hydrogens (tertiary/aromatic N) is 1. The molecule has 1 heterocycles. The van der Waals surface area contributed by atoms with E-state index >= 15 is 0 Å². The number of carbonyl (C=O) groups is 2. The molecule has 144 valence electrons. The molecule has 0 unspecified atom stereocenters. The van der Waals surface area contributed by atoms with Crippen LogP contribution in [-0.4, -0.2) is 29.9 Å². The number of nitrogens with one attached hydrogen (secondary N) is 2. The molecule has 0 saturated heterocycles. The molecule has 2 N–H and O–H groups in total. The number of aromatic nitrogens is 1. The third-order valence-corrected chi connectivity index (χ3v) is 4.03. The quantitative estimate of drug-likeness (QED) is 0.588. The van der Waals surface area contributed by atoms with Gasteiger partial charge in [-0.1, -0.05) is 30.3 Å². The Bertz CT molecular complexity index is 941. The van der Waals surface area contributed by atoms with Crippen molar-refractivity contribution in [2.75, 3.05) is 13.1 Å². The van der Waals surface area contributed by atoms with Crippen LogP contribution in [0.5, 0.6) is 0 Å². The lowest BCUT2D eigenvalue weighted by Crippen LogP contribution is -2.34. The van der Waals surface area contributed by atoms with Crippen molar-refractivity contribution in [3.05, 3.63) is 78.1 Å². The van der Waals surface area contributed by atoms with Crippen molar-refractivity contribution < 1.29 is 18.4 Å². The SMILES string of the molecule is O=C(CCc1ncc(-c2ccccc2F)o1)NCCNC(=O)c1ccccc1. The van der Waals surface area contributed by atoms with E-state index in [0.29, 0.717) is 42.3 Å². The van der Waals surface area contributed by atoms with Crippen LogP contribution in [-0.2, 0) is 11.2 Å². The first-order valence-electron chi connectivity index (χ1n) is 8.93. The summed E-state index contributed by atoms with van der Waals surface area (Å²) in [6.45, 7) is 0.652. The number of oxazole rings is 1. The van der Waals surface area contributed by atoms with Crippen LogP contribution in [0.4, 0.5) is 4.39 Å². The maximum Gasteiger partial charge on any atom is 0.251 e. The van der Waals surface area contributed by atoms with Gasteiger partial charge in [0.25, 0.3) is 5.91 Å². The molecule has 0 saturated carbocycles. The zero-order chi connectivity index (χ0) is 19.8. The molecule has 0 radical (unpaired) electrons. The van der Waals surface area contributed by atoms with Crippen molar-refractivity contribution >= 4 is 11.8 Å². The van der Waals surface area contributed by atoms with Crippen LogP contribution in [0.1, 0.15) is 22.7 Å². The van der Waals surface area contributed by atoms with Gasteiger partial charge in [-0.25, -0.2) is 9.37 Å². The Morgan fingerprint density at radius 1 is 0.964 bits per heavy atom. The second kappa shape index (κ2) is 9.45. The maximum absolute atomic E-state index is 13.8. The number of benzene rings is 2. The van der Waals surface area contributed by atoms with E-state index in [-0.39, 0.29) is 24.1 Å². The fourth-order valence-electron chi connectivity index (χ4n) is 2.59. The minimum Gasteiger partial charge on any atom is -0.441 e. The van der Waals surface area contributed by atoms with Gasteiger partial charge in [-0.2, -0.15) is 0 Å². The smallest absolute Gasteiger partial charge is 0.251 e. The van der Waals surface area contributed by atoms with Crippen molar-refractivity contribution in [2.24, 2.45) is 0 Å². The third-order valence-electron chi connectivity index (χ3n) is 4.03. The van der Waals surface area contributed by atoms with E-state index in [1.165, 1.54) is 12.3 Å². The van der Waals surface area contributed by atoms with Gasteiger partial charge < -0.3 is 15.1 Å². The average Bonchev–Trinajstić information content (AvgIpc) is 3.19. The van der Waals surface area contributed by atoms with Gasteiger partial charge in [0.05, 0.1) is 11.8 Å². The van der Waals surface area contributed by atoms with Crippen LogP contribution in [0.2, 0.25) is 0 Å². The zero-order valence-electron chi connectivity index (χ0n) is 15.2. The molecule has 2 aromatic carbocycles. The van der Waals surface area contributed by atoms with E-state index < -0.39 is 0 Å². The van der Waals surface area contributed by atoms with Crippen LogP contribution in [0.25, 0.3) is 11.3 Å². The first-order valence-corrected chi connectivity index (χ1v) is 8.93. The highest BCUT2D eigenvalue weighted by molar-refractivity contribution is 5.94. The number of hydrogen-bond acceptors (Lipinski definition) is 4. The van der Waals surface area contributed by atoms with Gasteiger partial charge in [0.1, 0.15) is 5.82 Å². The van der Waals surface area contributed by atoms with Crippen molar-refractivity contribution in [1.29, 1.82) is 0 Å². The number of amides is 2. The number of hydrogen-bond donors (Lipinski definition) is 2. The van der Waals surface area contributed by atoms with Crippen LogP contribution < -0.4 is 10.6 Å². The Kier molecular flexibility index (Phi) is 6.51. The summed E-state index contributed by atoms with van der Waals surface area (Å²) in [5.74, 6) is -0.0571. The summed E-state index contributed by atoms with van der Waals surface area (Å²) in [7, 11) is 0. The van der Waals surface area contributed by atoms with E-state index in [9.17, 15) is 14.0 Å². The predicted molar refractivity (Wildman–Crippen MR) is 102 cm³/mol. The molecule has 0 bridgehead atoms. The fraction of sp³-hybridized carbons (Fsp3) is 0.190. The Morgan fingerprint density at radius 2 is 1.68 bits per heavy atom. The summed E-state index contributed by atoms with van der Waals surface area (Å²) in [6, 6.07) is 15.1. The molecule has 6 nitrogen and oxygen atoms in total. The summed E-state index contributed by atoms with van der Waals surface area (Å²) in [5, 5.41) is 5.46. The largest absolute Gasteiger partial charge is 0.441 e. The van der Waals surface area contributed by atoms with E-state index in [0.717, 1.165) is 0 Å². The molecule has 0 aliphatic carbocycles. The lowest BCUT2D eigenvalue weighted by Gasteiger charge is -2.06. The molecule has 3 rings (SSSR count). The molecule has 0 fully saturated rings. The monoisotopic (exact) mass is 381 g/mol. The molecule has 0 spiro atoms. The van der Waals surface area contributed by atoms with E-state index in [1.54, 1.807) is 42.5 Å². The molecule has 0 aliphatic rings. The lowest BCUT2D eigenvalue weighted by atomic mass is 10.2. The molecule has 1 aromatic heterocycles. The average molecular weight is 381 g/mol. The van der Waals surface area contributed by atoms with Crippen LogP contribution >= 0.6 is 0 Å². The van der Waals surface area contributed by atoms with E-state index in [4.69, 9.17) is 4.42 Å². The molecule has 3 aromatic rings. The summed E-state index contributed by atoms with van der Waals surface area (Å²) < 4.78 is 19.3. The molecule has 7 heteroatoms. The van der Waals surface area contributed by atoms with Gasteiger partial charge in [0.2, 0.25) is 5.91 Å². The fourth-order valence-corrected chi connectivity index (χ4v) is 2.59. The number of rotatable bonds is 8. The van der Waals surface area contributed by atoms with Crippen molar-refractivity contribution in [1.82, 2.24) is 15.6 Å². The highest BCUT2D eigenvalue weighted by Crippen LogP contribution is 2.23. The summed E-state index contributed by atoms with van der Waals surface area (Å²) >= 11 is 0. The summed E-state index contributed by atoms with van der Waals surface area (Å²) in [6.07, 6.45) is 1.94. The summed E-state index contributed by atoms with van der Waals surface area (Å²) in [4.78, 5) is 27.9. The first-order chi connectivity index (χ1) is 13.6. The second-order valence-electron chi connectivity index (χ2n) is 6.07. The number of aryl methyl sites for hydroxylation is 1. The first kappa shape index (κ1) is 19.3.